The molecule has 0 unspecified atom stereocenters. The van der Waals surface area contributed by atoms with E-state index in [1.807, 2.05) is 0 Å². The molecule has 1 heterocycles. The first-order valence-corrected chi connectivity index (χ1v) is 11.4. The van der Waals surface area contributed by atoms with E-state index in [1.165, 1.54) is 17.5 Å². The molecule has 2 aliphatic rings. The minimum absolute atomic E-state index is 0.0516. The maximum Gasteiger partial charge on any atom is 0.161 e. The quantitative estimate of drug-likeness (QED) is 0.707. The van der Waals surface area contributed by atoms with Crippen LogP contribution in [0.15, 0.2) is 12.1 Å². The fourth-order valence-electron chi connectivity index (χ4n) is 5.81. The monoisotopic (exact) mass is 403 g/mol. The van der Waals surface area contributed by atoms with Crippen molar-refractivity contribution < 1.29 is 14.6 Å². The normalized spacial score (nSPS) is 28.3. The lowest BCUT2D eigenvalue weighted by atomic mass is 9.69. The van der Waals surface area contributed by atoms with Crippen LogP contribution in [0.3, 0.4) is 0 Å². The van der Waals surface area contributed by atoms with E-state index in [-0.39, 0.29) is 11.6 Å². The van der Waals surface area contributed by atoms with Crippen LogP contribution in [0.2, 0.25) is 0 Å². The summed E-state index contributed by atoms with van der Waals surface area (Å²) in [5, 5.41) is 11.0. The Labute approximate surface area is 177 Å². The summed E-state index contributed by atoms with van der Waals surface area (Å²) in [6.07, 6.45) is 5.16. The van der Waals surface area contributed by atoms with E-state index in [2.05, 4.69) is 51.7 Å². The van der Waals surface area contributed by atoms with Gasteiger partial charge in [0.2, 0.25) is 0 Å². The molecule has 0 amide bonds. The lowest BCUT2D eigenvalue weighted by Crippen LogP contribution is -2.57. The van der Waals surface area contributed by atoms with E-state index < -0.39 is 0 Å². The Morgan fingerprint density at radius 1 is 1.14 bits per heavy atom. The van der Waals surface area contributed by atoms with Crippen molar-refractivity contribution in [3.8, 4) is 11.5 Å². The molecule has 4 heteroatoms. The van der Waals surface area contributed by atoms with Crippen molar-refractivity contribution in [2.24, 2.45) is 17.8 Å². The zero-order valence-electron chi connectivity index (χ0n) is 19.5. The molecule has 164 valence electrons. The predicted molar refractivity (Wildman–Crippen MR) is 119 cm³/mol. The first-order valence-electron chi connectivity index (χ1n) is 11.4. The van der Waals surface area contributed by atoms with Crippen LogP contribution in [0.25, 0.3) is 0 Å². The number of methoxy groups -OCH3 is 2. The number of benzene rings is 1. The average molecular weight is 404 g/mol. The fourth-order valence-corrected chi connectivity index (χ4v) is 5.81. The van der Waals surface area contributed by atoms with Crippen molar-refractivity contribution in [2.45, 2.75) is 84.4 Å². The number of fused-ring (bicyclic) bond motifs is 1. The van der Waals surface area contributed by atoms with Gasteiger partial charge in [-0.25, -0.2) is 0 Å². The Bertz CT molecular complexity index is 700. The molecule has 1 aromatic rings. The lowest BCUT2D eigenvalue weighted by molar-refractivity contribution is -0.0664. The second-order valence-electron chi connectivity index (χ2n) is 10.2. The van der Waals surface area contributed by atoms with E-state index >= 15 is 0 Å². The van der Waals surface area contributed by atoms with Gasteiger partial charge in [-0.1, -0.05) is 27.2 Å². The number of rotatable bonds is 6. The van der Waals surface area contributed by atoms with Gasteiger partial charge in [0.25, 0.3) is 0 Å². The maximum absolute atomic E-state index is 11.0. The van der Waals surface area contributed by atoms with Gasteiger partial charge in [-0.05, 0) is 74.6 Å². The second-order valence-corrected chi connectivity index (χ2v) is 10.2. The zero-order chi connectivity index (χ0) is 21.3. The van der Waals surface area contributed by atoms with Gasteiger partial charge in [0.15, 0.2) is 11.5 Å². The summed E-state index contributed by atoms with van der Waals surface area (Å²) in [7, 11) is 3.42. The van der Waals surface area contributed by atoms with Crippen molar-refractivity contribution >= 4 is 0 Å². The van der Waals surface area contributed by atoms with E-state index in [9.17, 15) is 5.11 Å². The van der Waals surface area contributed by atoms with Crippen molar-refractivity contribution in [2.75, 3.05) is 20.8 Å². The molecule has 0 spiro atoms. The summed E-state index contributed by atoms with van der Waals surface area (Å²) in [5.41, 5.74) is 2.69. The van der Waals surface area contributed by atoms with Gasteiger partial charge in [-0.15, -0.1) is 0 Å². The highest BCUT2D eigenvalue weighted by molar-refractivity contribution is 5.49. The molecule has 1 saturated carbocycles. The molecule has 1 fully saturated rings. The van der Waals surface area contributed by atoms with Gasteiger partial charge >= 0.3 is 0 Å². The molecule has 1 aliphatic carbocycles. The highest BCUT2D eigenvalue weighted by Crippen LogP contribution is 2.47. The van der Waals surface area contributed by atoms with E-state index in [1.54, 1.807) is 14.2 Å². The second kappa shape index (κ2) is 8.85. The molecule has 4 nitrogen and oxygen atoms in total. The van der Waals surface area contributed by atoms with Gasteiger partial charge in [0, 0.05) is 24.0 Å². The zero-order valence-corrected chi connectivity index (χ0v) is 19.5. The number of hydrogen-bond acceptors (Lipinski definition) is 4. The molecule has 0 aromatic heterocycles. The van der Waals surface area contributed by atoms with Crippen molar-refractivity contribution in [1.29, 1.82) is 0 Å². The first-order chi connectivity index (χ1) is 13.7. The summed E-state index contributed by atoms with van der Waals surface area (Å²) in [6, 6.07) is 4.70. The van der Waals surface area contributed by atoms with E-state index in [4.69, 9.17) is 9.47 Å². The van der Waals surface area contributed by atoms with Crippen LogP contribution in [-0.2, 0) is 6.42 Å². The van der Waals surface area contributed by atoms with Gasteiger partial charge in [-0.3, -0.25) is 4.90 Å². The fraction of sp³-hybridized carbons (Fsp3) is 0.760. The maximum atomic E-state index is 11.0. The number of hydrogen-bond donors (Lipinski definition) is 1. The Morgan fingerprint density at radius 3 is 2.38 bits per heavy atom. The molecule has 0 saturated heterocycles. The summed E-state index contributed by atoms with van der Waals surface area (Å²) >= 11 is 0. The van der Waals surface area contributed by atoms with Gasteiger partial charge in [0.1, 0.15) is 0 Å². The van der Waals surface area contributed by atoms with Crippen LogP contribution >= 0.6 is 0 Å². The van der Waals surface area contributed by atoms with Crippen molar-refractivity contribution in [3.05, 3.63) is 23.3 Å². The topological polar surface area (TPSA) is 41.9 Å². The Balaban J connectivity index is 1.99. The Kier molecular flexibility index (Phi) is 6.84. The Hall–Kier alpha value is -1.26. The van der Waals surface area contributed by atoms with Crippen LogP contribution in [0.1, 0.15) is 77.5 Å². The predicted octanol–water partition coefficient (Wildman–Crippen LogP) is 5.22. The standard InChI is InChI=1S/C25H41NO3/c1-16(2)12-21-19-15-24(29-7)23(28-6)14-18(19)10-11-26(21)25(4,5)20-9-8-17(3)13-22(20)27/h14-17,20-22,27H,8-13H2,1-7H3/t17-,20-,21+,22-/m0/s1. The van der Waals surface area contributed by atoms with Crippen molar-refractivity contribution in [3.63, 3.8) is 0 Å². The largest absolute Gasteiger partial charge is 0.493 e. The smallest absolute Gasteiger partial charge is 0.161 e. The van der Waals surface area contributed by atoms with Crippen molar-refractivity contribution in [1.82, 2.24) is 4.90 Å². The highest BCUT2D eigenvalue weighted by Gasteiger charge is 2.45. The molecule has 1 aliphatic heterocycles. The van der Waals surface area contributed by atoms with Crippen LogP contribution in [0, 0.1) is 17.8 Å². The number of aliphatic hydroxyl groups is 1. The molecule has 0 bridgehead atoms. The molecular weight excluding hydrogens is 362 g/mol. The third kappa shape index (κ3) is 4.44. The molecule has 1 N–H and O–H groups in total. The summed E-state index contributed by atoms with van der Waals surface area (Å²) < 4.78 is 11.2. The van der Waals surface area contributed by atoms with Crippen LogP contribution < -0.4 is 9.47 Å². The molecule has 29 heavy (non-hydrogen) atoms. The highest BCUT2D eigenvalue weighted by atomic mass is 16.5. The lowest BCUT2D eigenvalue weighted by Gasteiger charge is -2.53. The summed E-state index contributed by atoms with van der Waals surface area (Å²) in [6.45, 7) is 12.6. The van der Waals surface area contributed by atoms with E-state index in [0.717, 1.165) is 43.7 Å². The van der Waals surface area contributed by atoms with Crippen LogP contribution in [-0.4, -0.2) is 42.4 Å². The van der Waals surface area contributed by atoms with Crippen LogP contribution in [0.5, 0.6) is 11.5 Å². The van der Waals surface area contributed by atoms with Crippen LogP contribution in [0.4, 0.5) is 0 Å². The molecule has 1 aromatic carbocycles. The third-order valence-electron chi connectivity index (χ3n) is 7.42. The van der Waals surface area contributed by atoms with E-state index in [0.29, 0.717) is 23.8 Å². The average Bonchev–Trinajstić information content (AvgIpc) is 2.66. The third-order valence-corrected chi connectivity index (χ3v) is 7.42. The SMILES string of the molecule is COc1cc2c(cc1OC)[C@@H](CC(C)C)N(C(C)(C)[C@H]1CC[C@H](C)C[C@@H]1O)CC2. The Morgan fingerprint density at radius 2 is 1.79 bits per heavy atom. The number of aliphatic hydroxyl groups excluding tert-OH is 1. The van der Waals surface area contributed by atoms with Gasteiger partial charge < -0.3 is 14.6 Å². The molecule has 4 atom stereocenters. The summed E-state index contributed by atoms with van der Waals surface area (Å²) in [4.78, 5) is 2.69. The molecular formula is C25H41NO3. The minimum Gasteiger partial charge on any atom is -0.493 e. The van der Waals surface area contributed by atoms with Gasteiger partial charge in [0.05, 0.1) is 20.3 Å². The number of ether oxygens (including phenoxy) is 2. The molecule has 3 rings (SSSR count). The summed E-state index contributed by atoms with van der Waals surface area (Å²) in [5.74, 6) is 3.16. The minimum atomic E-state index is -0.208. The van der Waals surface area contributed by atoms with Gasteiger partial charge in [-0.2, -0.15) is 0 Å². The molecule has 0 radical (unpaired) electrons. The number of nitrogens with zero attached hydrogens (tertiary/aromatic N) is 1. The first kappa shape index (κ1) is 22.4.